The number of anilines is 1. The predicted octanol–water partition coefficient (Wildman–Crippen LogP) is 9.67. The summed E-state index contributed by atoms with van der Waals surface area (Å²) < 4.78 is 31.7. The SMILES string of the molecule is CC1(C)Cc2ccccc2C(C(C=O)=CO)=N1.CC1(C)Cc2ccccc2C(c2cnc3ccc(Br)cc3c2)=N1.Cc1ccc(S(=O)(=O)O)cc1.I[I-]I.Nc1ccc(Br)cc1. The number of rotatable bonds is 4. The molecule has 9 nitrogen and oxygen atoms in total. The number of nitrogen functional groups attached to an aromatic ring is 1. The summed E-state index contributed by atoms with van der Waals surface area (Å²) in [7, 11) is -4.02. The van der Waals surface area contributed by atoms with Gasteiger partial charge in [-0.2, -0.15) is 8.42 Å². The van der Waals surface area contributed by atoms with Gasteiger partial charge in [-0.1, -0.05) is 98.1 Å². The normalized spacial score (nSPS) is 14.5. The number of aldehydes is 1. The summed E-state index contributed by atoms with van der Waals surface area (Å²) in [6.07, 6.45) is 5.21. The van der Waals surface area contributed by atoms with Gasteiger partial charge in [0.25, 0.3) is 10.1 Å². The minimum atomic E-state index is -4.02. The van der Waals surface area contributed by atoms with E-state index in [4.69, 9.17) is 20.4 Å². The number of aliphatic hydroxyl groups excluding tert-OH is 1. The monoisotopic (exact) mass is 1320 g/mol. The number of allylic oxidation sites excluding steroid dienone is 1. The Labute approximate surface area is 410 Å². The van der Waals surface area contributed by atoms with Crippen LogP contribution in [0.15, 0.2) is 163 Å². The maximum atomic E-state index is 10.9. The first kappa shape index (κ1) is 51.6. The molecule has 2 aliphatic heterocycles. The molecule has 0 unspecified atom stereocenters. The number of halogens is 5. The number of aliphatic hydroxyl groups is 1. The van der Waals surface area contributed by atoms with E-state index in [1.54, 1.807) is 12.1 Å². The Morgan fingerprint density at radius 1 is 0.774 bits per heavy atom. The van der Waals surface area contributed by atoms with Crippen molar-refractivity contribution in [1.29, 1.82) is 0 Å². The fourth-order valence-electron chi connectivity index (χ4n) is 6.54. The number of hydrogen-bond donors (Lipinski definition) is 3. The molecule has 6 aromatic rings. The number of nitrogens with two attached hydrogens (primary N) is 1. The number of carbonyl (C=O) groups is 1. The van der Waals surface area contributed by atoms with E-state index in [1.807, 2.05) is 87.6 Å². The number of aryl methyl sites for hydroxylation is 1. The molecule has 8 rings (SSSR count). The van der Waals surface area contributed by atoms with Gasteiger partial charge < -0.3 is 10.8 Å². The average molecular weight is 1320 g/mol. The molecule has 62 heavy (non-hydrogen) atoms. The van der Waals surface area contributed by atoms with E-state index >= 15 is 0 Å². The molecule has 0 fully saturated rings. The first-order valence-electron chi connectivity index (χ1n) is 18.9. The number of benzene rings is 5. The van der Waals surface area contributed by atoms with Crippen LogP contribution in [0.1, 0.15) is 61.1 Å². The molecule has 0 amide bonds. The van der Waals surface area contributed by atoms with Crippen molar-refractivity contribution in [2.24, 2.45) is 9.98 Å². The maximum absolute atomic E-state index is 10.9. The van der Waals surface area contributed by atoms with Gasteiger partial charge in [0.1, 0.15) is 0 Å². The van der Waals surface area contributed by atoms with Crippen LogP contribution in [0, 0.1) is 6.92 Å². The first-order chi connectivity index (χ1) is 29.3. The van der Waals surface area contributed by atoms with E-state index in [1.165, 1.54) is 23.3 Å². The van der Waals surface area contributed by atoms with Crippen LogP contribution in [0.25, 0.3) is 10.9 Å². The molecule has 0 spiro atoms. The first-order valence-corrected chi connectivity index (χ1v) is 34.5. The molecule has 0 bridgehead atoms. The molecule has 1 aromatic heterocycles. The van der Waals surface area contributed by atoms with Crippen molar-refractivity contribution in [3.8, 4) is 0 Å². The number of hydrogen-bond acceptors (Lipinski definition) is 8. The Balaban J connectivity index is 0.000000190. The minimum absolute atomic E-state index is 0.0666. The second-order valence-electron chi connectivity index (χ2n) is 15.4. The number of fused-ring (bicyclic) bond motifs is 3. The quantitative estimate of drug-likeness (QED) is 0.0397. The molecule has 0 saturated heterocycles. The van der Waals surface area contributed by atoms with E-state index in [-0.39, 0.29) is 21.5 Å². The summed E-state index contributed by atoms with van der Waals surface area (Å²) in [5.74, 6) is 0. The van der Waals surface area contributed by atoms with Crippen LogP contribution in [-0.4, -0.2) is 51.8 Å². The van der Waals surface area contributed by atoms with Crippen molar-refractivity contribution in [2.45, 2.75) is 63.4 Å². The van der Waals surface area contributed by atoms with Crippen LogP contribution in [-0.2, 0) is 27.8 Å². The van der Waals surface area contributed by atoms with Gasteiger partial charge >= 0.3 is 50.5 Å². The molecule has 15 heteroatoms. The largest absolute Gasteiger partial charge is 0.399 e. The smallest absolute Gasteiger partial charge is 0.0314 e. The van der Waals surface area contributed by atoms with Crippen molar-refractivity contribution in [2.75, 3.05) is 5.73 Å². The van der Waals surface area contributed by atoms with Gasteiger partial charge in [-0.15, -0.1) is 0 Å². The maximum Gasteiger partial charge on any atom is 0.0314 e. The van der Waals surface area contributed by atoms with Crippen molar-refractivity contribution in [3.63, 3.8) is 0 Å². The number of aliphatic imine (C=N–C) groups is 2. The van der Waals surface area contributed by atoms with Gasteiger partial charge in [-0.3, -0.25) is 24.3 Å². The third-order valence-corrected chi connectivity index (χ3v) is 11.2. The molecule has 3 heterocycles. The Morgan fingerprint density at radius 2 is 1.31 bits per heavy atom. The molecule has 5 aromatic carbocycles. The van der Waals surface area contributed by atoms with Gasteiger partial charge in [0, 0.05) is 42.9 Å². The van der Waals surface area contributed by atoms with Gasteiger partial charge in [-0.05, 0) is 119 Å². The van der Waals surface area contributed by atoms with E-state index in [0.29, 0.717) is 25.3 Å². The molecule has 4 N–H and O–H groups in total. The van der Waals surface area contributed by atoms with E-state index in [2.05, 4.69) is 129 Å². The Kier molecular flexibility index (Phi) is 19.7. The number of nitrogens with zero attached hydrogens (tertiary/aromatic N) is 3. The van der Waals surface area contributed by atoms with Crippen LogP contribution >= 0.6 is 69.1 Å². The van der Waals surface area contributed by atoms with Crippen molar-refractivity contribution in [1.82, 2.24) is 4.98 Å². The second-order valence-corrected chi connectivity index (χ2v) is 34.9. The van der Waals surface area contributed by atoms with Crippen LogP contribution < -0.4 is 19.0 Å². The third-order valence-electron chi connectivity index (χ3n) is 9.27. The van der Waals surface area contributed by atoms with Crippen molar-refractivity contribution in [3.05, 3.63) is 182 Å². The fraction of sp³-hybridized carbons (Fsp3) is 0.191. The Morgan fingerprint density at radius 3 is 1.85 bits per heavy atom. The van der Waals surface area contributed by atoms with Crippen molar-refractivity contribution < 1.29 is 36.1 Å². The summed E-state index contributed by atoms with van der Waals surface area (Å²) in [5, 5.41) is 10.2. The standard InChI is InChI=1S/C20H17BrN2.C14H15NO2.C7H8O3S.C6H6BrN.I3/c1-20(2)11-13-5-3-4-6-17(13)19(23-20)15-9-14-10-16(21)7-8-18(14)22-12-15;1-14(2)7-10-5-3-4-6-12(10)13(15-14)11(8-16)9-17;1-6-2-4-7(5-3-6)11(8,9)10;7-5-1-3-6(8)4-2-5;1-3-2/h3-10,12H,11H2,1-2H3;3-6,8-9,16H,7H2,1-2H3;2-5H,1H3,(H,8,9,10);1-4H,8H2;/q;;;;-1. The van der Waals surface area contributed by atoms with Gasteiger partial charge in [-0.25, -0.2) is 0 Å². The zero-order chi connectivity index (χ0) is 45.7. The number of carbonyl (C=O) groups excluding carboxylic acids is 1. The summed E-state index contributed by atoms with van der Waals surface area (Å²) in [6, 6.07) is 38.2. The minimum Gasteiger partial charge on any atom is -0.399 e. The van der Waals surface area contributed by atoms with E-state index in [0.717, 1.165) is 72.6 Å². The van der Waals surface area contributed by atoms with Crippen LogP contribution in [0.2, 0.25) is 0 Å². The van der Waals surface area contributed by atoms with E-state index in [9.17, 15) is 13.2 Å². The van der Waals surface area contributed by atoms with Crippen LogP contribution in [0.4, 0.5) is 5.69 Å². The predicted molar refractivity (Wildman–Crippen MR) is 274 cm³/mol. The summed E-state index contributed by atoms with van der Waals surface area (Å²) in [6.45, 7) is 10.3. The summed E-state index contributed by atoms with van der Waals surface area (Å²) in [5.41, 5.74) is 15.4. The molecule has 0 saturated carbocycles. The summed E-state index contributed by atoms with van der Waals surface area (Å²) in [4.78, 5) is 25.1. The zero-order valence-electron chi connectivity index (χ0n) is 34.5. The average Bonchev–Trinajstić information content (AvgIpc) is 3.22. The van der Waals surface area contributed by atoms with Crippen LogP contribution in [0.5, 0.6) is 0 Å². The number of pyridine rings is 1. The molecule has 0 aliphatic carbocycles. The molecular weight excluding hydrogens is 1270 g/mol. The van der Waals surface area contributed by atoms with Gasteiger partial charge in [0.15, 0.2) is 6.29 Å². The van der Waals surface area contributed by atoms with Gasteiger partial charge in [0.2, 0.25) is 0 Å². The van der Waals surface area contributed by atoms with Crippen molar-refractivity contribution >= 4 is 114 Å². The Bertz CT molecular complexity index is 2670. The molecular formula is C47H46Br2I3N4O5S-. The van der Waals surface area contributed by atoms with Gasteiger partial charge in [0.05, 0.1) is 44.7 Å². The fourth-order valence-corrected chi connectivity index (χ4v) is 7.66. The van der Waals surface area contributed by atoms with Crippen LogP contribution in [0.3, 0.4) is 0 Å². The number of aromatic nitrogens is 1. The Hall–Kier alpha value is -3.08. The topological polar surface area (TPSA) is 155 Å². The van der Waals surface area contributed by atoms with E-state index < -0.39 is 10.1 Å². The zero-order valence-corrected chi connectivity index (χ0v) is 45.0. The molecule has 2 aliphatic rings. The molecule has 326 valence electrons. The summed E-state index contributed by atoms with van der Waals surface area (Å²) >= 11 is 12.1. The third kappa shape index (κ3) is 15.6. The second kappa shape index (κ2) is 23.7. The molecule has 0 atom stereocenters. The molecule has 0 radical (unpaired) electrons.